The number of hydrogen-bond donors (Lipinski definition) is 1. The van der Waals surface area contributed by atoms with Crippen LogP contribution in [0.4, 0.5) is 0 Å². The summed E-state index contributed by atoms with van der Waals surface area (Å²) < 4.78 is 0. The van der Waals surface area contributed by atoms with Gasteiger partial charge in [-0.15, -0.1) is 0 Å². The maximum absolute atomic E-state index is 4.01. The Morgan fingerprint density at radius 1 is 1.16 bits per heavy atom. The second-order valence-corrected chi connectivity index (χ2v) is 8.10. The number of nitrogens with zero attached hydrogens (tertiary/aromatic N) is 1. The lowest BCUT2D eigenvalue weighted by Crippen LogP contribution is -2.70. The Balaban J connectivity index is 1.75. The predicted octanol–water partition coefficient (Wildman–Crippen LogP) is 3.42. The van der Waals surface area contributed by atoms with Crippen molar-refractivity contribution in [3.8, 4) is 0 Å². The first-order chi connectivity index (χ1) is 9.04. The lowest BCUT2D eigenvalue weighted by Gasteiger charge is -2.55. The zero-order valence-electron chi connectivity index (χ0n) is 13.2. The van der Waals surface area contributed by atoms with E-state index < -0.39 is 0 Å². The molecule has 0 aromatic carbocycles. The molecule has 0 bridgehead atoms. The Labute approximate surface area is 119 Å². The lowest BCUT2D eigenvalue weighted by atomic mass is 9.76. The zero-order valence-corrected chi connectivity index (χ0v) is 13.2. The third-order valence-electron chi connectivity index (χ3n) is 5.89. The summed E-state index contributed by atoms with van der Waals surface area (Å²) >= 11 is 0. The molecule has 110 valence electrons. The van der Waals surface area contributed by atoms with Crippen LogP contribution < -0.4 is 5.32 Å². The van der Waals surface area contributed by atoms with E-state index in [4.69, 9.17) is 0 Å². The molecule has 1 spiro atoms. The van der Waals surface area contributed by atoms with Gasteiger partial charge in [0.05, 0.1) is 0 Å². The zero-order chi connectivity index (χ0) is 13.5. The summed E-state index contributed by atoms with van der Waals surface area (Å²) in [7, 11) is 0. The van der Waals surface area contributed by atoms with Crippen molar-refractivity contribution in [2.45, 2.75) is 76.8 Å². The van der Waals surface area contributed by atoms with Gasteiger partial charge >= 0.3 is 0 Å². The van der Waals surface area contributed by atoms with Crippen molar-refractivity contribution in [2.24, 2.45) is 11.8 Å². The Morgan fingerprint density at radius 3 is 2.42 bits per heavy atom. The Morgan fingerprint density at radius 2 is 1.84 bits per heavy atom. The van der Waals surface area contributed by atoms with E-state index in [9.17, 15) is 0 Å². The number of hydrogen-bond acceptors (Lipinski definition) is 2. The molecule has 1 unspecified atom stereocenters. The van der Waals surface area contributed by atoms with Gasteiger partial charge in [0.15, 0.2) is 0 Å². The van der Waals surface area contributed by atoms with Gasteiger partial charge in [0.25, 0.3) is 0 Å². The summed E-state index contributed by atoms with van der Waals surface area (Å²) in [5.41, 5.74) is 0.897. The van der Waals surface area contributed by atoms with Crippen LogP contribution in [0.25, 0.3) is 0 Å². The smallest absolute Gasteiger partial charge is 0.0335 e. The van der Waals surface area contributed by atoms with Gasteiger partial charge in [0, 0.05) is 30.7 Å². The predicted molar refractivity (Wildman–Crippen MR) is 81.4 cm³/mol. The summed E-state index contributed by atoms with van der Waals surface area (Å²) in [5.74, 6) is 1.75. The molecule has 3 aliphatic rings. The maximum atomic E-state index is 4.01. The fourth-order valence-electron chi connectivity index (χ4n) is 4.47. The van der Waals surface area contributed by atoms with E-state index in [1.54, 1.807) is 0 Å². The molecule has 1 aliphatic heterocycles. The summed E-state index contributed by atoms with van der Waals surface area (Å²) in [4.78, 5) is 2.87. The van der Waals surface area contributed by atoms with Crippen molar-refractivity contribution in [1.29, 1.82) is 0 Å². The van der Waals surface area contributed by atoms with Crippen molar-refractivity contribution in [3.05, 3.63) is 0 Å². The van der Waals surface area contributed by atoms with E-state index in [0.29, 0.717) is 11.1 Å². The average molecular weight is 264 g/mol. The van der Waals surface area contributed by atoms with Gasteiger partial charge in [0.2, 0.25) is 0 Å². The van der Waals surface area contributed by atoms with Crippen LogP contribution in [0.5, 0.6) is 0 Å². The van der Waals surface area contributed by atoms with Crippen LogP contribution in [0.3, 0.4) is 0 Å². The highest BCUT2D eigenvalue weighted by Gasteiger charge is 2.51. The normalized spacial score (nSPS) is 36.0. The van der Waals surface area contributed by atoms with E-state index >= 15 is 0 Å². The molecule has 0 aromatic heterocycles. The van der Waals surface area contributed by atoms with Crippen LogP contribution in [-0.2, 0) is 0 Å². The third kappa shape index (κ3) is 2.71. The van der Waals surface area contributed by atoms with Crippen LogP contribution in [-0.4, -0.2) is 35.6 Å². The third-order valence-corrected chi connectivity index (χ3v) is 5.89. The number of nitrogens with one attached hydrogen (secondary N) is 1. The Kier molecular flexibility index (Phi) is 3.68. The first kappa shape index (κ1) is 13.9. The standard InChI is InChI=1S/C17H32N2/c1-14(2)11-19-13-17(9-5-4-6-10-17)18-12-16(19,3)15-7-8-15/h14-15,18H,4-13H2,1-3H3. The molecule has 1 atom stereocenters. The summed E-state index contributed by atoms with van der Waals surface area (Å²) in [6.45, 7) is 11.1. The molecule has 2 saturated carbocycles. The molecule has 19 heavy (non-hydrogen) atoms. The second kappa shape index (κ2) is 5.04. The van der Waals surface area contributed by atoms with Crippen LogP contribution >= 0.6 is 0 Å². The van der Waals surface area contributed by atoms with Gasteiger partial charge < -0.3 is 5.32 Å². The monoisotopic (exact) mass is 264 g/mol. The van der Waals surface area contributed by atoms with Crippen molar-refractivity contribution >= 4 is 0 Å². The molecule has 0 aromatic rings. The van der Waals surface area contributed by atoms with Gasteiger partial charge in [-0.25, -0.2) is 0 Å². The average Bonchev–Trinajstić information content (AvgIpc) is 3.19. The molecule has 2 aliphatic carbocycles. The molecule has 0 radical (unpaired) electrons. The maximum Gasteiger partial charge on any atom is 0.0335 e. The Bertz CT molecular complexity index is 315. The molecule has 1 heterocycles. The van der Waals surface area contributed by atoms with Crippen molar-refractivity contribution in [1.82, 2.24) is 10.2 Å². The molecule has 0 amide bonds. The highest BCUT2D eigenvalue weighted by Crippen LogP contribution is 2.46. The van der Waals surface area contributed by atoms with Gasteiger partial charge in [0.1, 0.15) is 0 Å². The first-order valence-corrected chi connectivity index (χ1v) is 8.54. The lowest BCUT2D eigenvalue weighted by molar-refractivity contribution is -0.0185. The molecule has 3 rings (SSSR count). The first-order valence-electron chi connectivity index (χ1n) is 8.54. The van der Waals surface area contributed by atoms with E-state index in [0.717, 1.165) is 11.8 Å². The molecule has 1 saturated heterocycles. The van der Waals surface area contributed by atoms with Gasteiger partial charge in [-0.3, -0.25) is 4.90 Å². The number of piperazine rings is 1. The molecule has 1 N–H and O–H groups in total. The van der Waals surface area contributed by atoms with E-state index in [2.05, 4.69) is 31.0 Å². The summed E-state index contributed by atoms with van der Waals surface area (Å²) in [6.07, 6.45) is 10.0. The molecule has 3 fully saturated rings. The Hall–Kier alpha value is -0.0800. The molecular weight excluding hydrogens is 232 g/mol. The molecular formula is C17H32N2. The highest BCUT2D eigenvalue weighted by molar-refractivity contribution is 5.09. The molecule has 2 nitrogen and oxygen atoms in total. The minimum Gasteiger partial charge on any atom is -0.308 e. The van der Waals surface area contributed by atoms with Gasteiger partial charge in [-0.2, -0.15) is 0 Å². The van der Waals surface area contributed by atoms with Gasteiger partial charge in [-0.05, 0) is 44.4 Å². The fourth-order valence-corrected chi connectivity index (χ4v) is 4.47. The van der Waals surface area contributed by atoms with Crippen LogP contribution in [0.1, 0.15) is 65.7 Å². The van der Waals surface area contributed by atoms with E-state index in [1.165, 1.54) is 64.6 Å². The molecule has 2 heteroatoms. The van der Waals surface area contributed by atoms with Crippen molar-refractivity contribution in [2.75, 3.05) is 19.6 Å². The fraction of sp³-hybridized carbons (Fsp3) is 1.00. The summed E-state index contributed by atoms with van der Waals surface area (Å²) in [5, 5.41) is 4.01. The quantitative estimate of drug-likeness (QED) is 0.840. The minimum absolute atomic E-state index is 0.437. The van der Waals surface area contributed by atoms with Crippen LogP contribution in [0, 0.1) is 11.8 Å². The minimum atomic E-state index is 0.437. The van der Waals surface area contributed by atoms with Crippen LogP contribution in [0.2, 0.25) is 0 Å². The number of rotatable bonds is 3. The van der Waals surface area contributed by atoms with Gasteiger partial charge in [-0.1, -0.05) is 33.1 Å². The van der Waals surface area contributed by atoms with Crippen molar-refractivity contribution in [3.63, 3.8) is 0 Å². The topological polar surface area (TPSA) is 15.3 Å². The SMILES string of the molecule is CC(C)CN1CC2(CCCCC2)NCC1(C)C1CC1. The highest BCUT2D eigenvalue weighted by atomic mass is 15.3. The largest absolute Gasteiger partial charge is 0.308 e. The second-order valence-electron chi connectivity index (χ2n) is 8.10. The van der Waals surface area contributed by atoms with E-state index in [-0.39, 0.29) is 0 Å². The van der Waals surface area contributed by atoms with Crippen LogP contribution in [0.15, 0.2) is 0 Å². The van der Waals surface area contributed by atoms with E-state index in [1.807, 2.05) is 0 Å². The summed E-state index contributed by atoms with van der Waals surface area (Å²) in [6, 6.07) is 0. The van der Waals surface area contributed by atoms with Crippen molar-refractivity contribution < 1.29 is 0 Å².